The second kappa shape index (κ2) is 5.48. The highest BCUT2D eigenvalue weighted by Crippen LogP contribution is 2.25. The summed E-state index contributed by atoms with van der Waals surface area (Å²) in [5.41, 5.74) is 0. The minimum absolute atomic E-state index is 0.381. The van der Waals surface area contributed by atoms with Gasteiger partial charge in [0.05, 0.1) is 7.11 Å². The van der Waals surface area contributed by atoms with E-state index >= 15 is 0 Å². The first-order valence-electron chi connectivity index (χ1n) is 4.36. The lowest BCUT2D eigenvalue weighted by atomic mass is 10.2. The van der Waals surface area contributed by atoms with E-state index < -0.39 is 23.3 Å². The Balaban J connectivity index is 4.39. The van der Waals surface area contributed by atoms with Crippen molar-refractivity contribution in [2.75, 3.05) is 7.11 Å². The Hall–Kier alpha value is -0.590. The Bertz CT molecular complexity index is 245. The Morgan fingerprint density at radius 1 is 1.20 bits per heavy atom. The van der Waals surface area contributed by atoms with Gasteiger partial charge in [0.15, 0.2) is 12.2 Å². The summed E-state index contributed by atoms with van der Waals surface area (Å²) in [6, 6.07) is 0. The Morgan fingerprint density at radius 2 is 1.67 bits per heavy atom. The van der Waals surface area contributed by atoms with Gasteiger partial charge in [0.25, 0.3) is 0 Å². The zero-order valence-electron chi connectivity index (χ0n) is 9.18. The number of carbonyl (C=O) groups excluding carboxylic acids is 2. The van der Waals surface area contributed by atoms with Crippen molar-refractivity contribution in [3.63, 3.8) is 0 Å². The molecule has 0 spiro atoms. The van der Waals surface area contributed by atoms with Crippen LogP contribution in [0.15, 0.2) is 0 Å². The number of ether oxygens (including phenoxy) is 1. The molecule has 0 aliphatic heterocycles. The third kappa shape index (κ3) is 5.15. The fourth-order valence-corrected chi connectivity index (χ4v) is 1.59. The zero-order valence-corrected chi connectivity index (χ0v) is 10.00. The summed E-state index contributed by atoms with van der Waals surface area (Å²) in [4.78, 5) is 22.2. The number of methoxy groups -OCH3 is 1. The van der Waals surface area contributed by atoms with Crippen LogP contribution in [-0.2, 0) is 14.3 Å². The smallest absolute Gasteiger partial charge is 0.337 e. The number of aliphatic hydroxyl groups excluding tert-OH is 2. The number of rotatable bonds is 3. The lowest BCUT2D eigenvalue weighted by molar-refractivity contribution is -0.158. The van der Waals surface area contributed by atoms with Gasteiger partial charge in [-0.15, -0.1) is 0 Å². The summed E-state index contributed by atoms with van der Waals surface area (Å²) < 4.78 is 3.82. The van der Waals surface area contributed by atoms with E-state index in [-0.39, 0.29) is 4.75 Å². The molecule has 0 fully saturated rings. The molecule has 0 amide bonds. The quantitative estimate of drug-likeness (QED) is 0.668. The molecule has 0 aliphatic carbocycles. The van der Waals surface area contributed by atoms with Crippen molar-refractivity contribution >= 4 is 22.8 Å². The molecular weight excluding hydrogens is 220 g/mol. The summed E-state index contributed by atoms with van der Waals surface area (Å²) in [5.74, 6) is -1.02. The monoisotopic (exact) mass is 236 g/mol. The van der Waals surface area contributed by atoms with E-state index in [0.717, 1.165) is 18.9 Å². The molecular formula is C9H16O5S. The van der Waals surface area contributed by atoms with E-state index in [0.29, 0.717) is 0 Å². The summed E-state index contributed by atoms with van der Waals surface area (Å²) in [5, 5.41) is 17.9. The fraction of sp³-hybridized carbons (Fsp3) is 0.778. The molecule has 0 rings (SSSR count). The van der Waals surface area contributed by atoms with Gasteiger partial charge in [0.2, 0.25) is 5.12 Å². The molecule has 0 unspecified atom stereocenters. The van der Waals surface area contributed by atoms with Crippen molar-refractivity contribution < 1.29 is 24.5 Å². The van der Waals surface area contributed by atoms with Crippen molar-refractivity contribution in [1.82, 2.24) is 0 Å². The number of hydrogen-bond acceptors (Lipinski definition) is 6. The maximum atomic E-state index is 11.4. The van der Waals surface area contributed by atoms with Crippen molar-refractivity contribution in [3.8, 4) is 0 Å². The van der Waals surface area contributed by atoms with Gasteiger partial charge in [-0.1, -0.05) is 32.5 Å². The lowest BCUT2D eigenvalue weighted by Crippen LogP contribution is -2.40. The van der Waals surface area contributed by atoms with E-state index in [4.69, 9.17) is 0 Å². The van der Waals surface area contributed by atoms with Crippen LogP contribution in [0.2, 0.25) is 0 Å². The third-order valence-electron chi connectivity index (χ3n) is 1.39. The SMILES string of the molecule is COC(=O)[C@@H](O)[C@@H](O)C(=O)SC(C)(C)C. The highest BCUT2D eigenvalue weighted by molar-refractivity contribution is 8.14. The van der Waals surface area contributed by atoms with Crippen LogP contribution in [0.25, 0.3) is 0 Å². The van der Waals surface area contributed by atoms with E-state index in [9.17, 15) is 19.8 Å². The third-order valence-corrected chi connectivity index (χ3v) is 2.45. The van der Waals surface area contributed by atoms with Gasteiger partial charge in [0.1, 0.15) is 0 Å². The zero-order chi connectivity index (χ0) is 12.2. The first-order valence-corrected chi connectivity index (χ1v) is 5.17. The topological polar surface area (TPSA) is 83.8 Å². The molecule has 0 aromatic rings. The van der Waals surface area contributed by atoms with Crippen LogP contribution in [0.3, 0.4) is 0 Å². The van der Waals surface area contributed by atoms with E-state index in [1.165, 1.54) is 0 Å². The van der Waals surface area contributed by atoms with E-state index in [2.05, 4.69) is 4.74 Å². The molecule has 0 heterocycles. The number of aliphatic hydroxyl groups is 2. The van der Waals surface area contributed by atoms with Crippen molar-refractivity contribution in [3.05, 3.63) is 0 Å². The van der Waals surface area contributed by atoms with Crippen LogP contribution in [0.1, 0.15) is 20.8 Å². The summed E-state index contributed by atoms with van der Waals surface area (Å²) in [7, 11) is 1.07. The maximum Gasteiger partial charge on any atom is 0.337 e. The molecule has 0 saturated carbocycles. The highest BCUT2D eigenvalue weighted by Gasteiger charge is 2.33. The molecule has 0 saturated heterocycles. The van der Waals surface area contributed by atoms with Crippen LogP contribution in [0.5, 0.6) is 0 Å². The minimum Gasteiger partial charge on any atom is -0.467 e. The number of thioether (sulfide) groups is 1. The molecule has 88 valence electrons. The molecule has 15 heavy (non-hydrogen) atoms. The van der Waals surface area contributed by atoms with E-state index in [1.54, 1.807) is 20.8 Å². The first-order chi connectivity index (χ1) is 6.69. The molecule has 0 aromatic heterocycles. The Kier molecular flexibility index (Phi) is 5.27. The summed E-state index contributed by atoms with van der Waals surface area (Å²) >= 11 is 0.864. The van der Waals surface area contributed by atoms with Gasteiger partial charge in [-0.3, -0.25) is 4.79 Å². The minimum atomic E-state index is -1.82. The predicted octanol–water partition coefficient (Wildman–Crippen LogP) is -0.0605. The average molecular weight is 236 g/mol. The second-order valence-corrected chi connectivity index (χ2v) is 5.78. The number of hydrogen-bond donors (Lipinski definition) is 2. The first kappa shape index (κ1) is 14.4. The highest BCUT2D eigenvalue weighted by atomic mass is 32.2. The molecule has 0 bridgehead atoms. The van der Waals surface area contributed by atoms with Gasteiger partial charge in [-0.05, 0) is 0 Å². The molecule has 0 radical (unpaired) electrons. The normalized spacial score (nSPS) is 15.6. The van der Waals surface area contributed by atoms with Crippen molar-refractivity contribution in [2.24, 2.45) is 0 Å². The van der Waals surface area contributed by atoms with Gasteiger partial charge in [-0.25, -0.2) is 4.79 Å². The summed E-state index contributed by atoms with van der Waals surface area (Å²) in [6.07, 6.45) is -3.57. The predicted molar refractivity (Wildman–Crippen MR) is 56.4 cm³/mol. The Labute approximate surface area is 92.8 Å². The van der Waals surface area contributed by atoms with Crippen LogP contribution < -0.4 is 0 Å². The number of carbonyl (C=O) groups is 2. The maximum absolute atomic E-state index is 11.4. The molecule has 0 aromatic carbocycles. The number of esters is 1. The average Bonchev–Trinajstić information content (AvgIpc) is 2.11. The Morgan fingerprint density at radius 3 is 2.00 bits per heavy atom. The van der Waals surface area contributed by atoms with Crippen molar-refractivity contribution in [1.29, 1.82) is 0 Å². The van der Waals surface area contributed by atoms with Gasteiger partial charge < -0.3 is 14.9 Å². The molecule has 0 aliphatic rings. The lowest BCUT2D eigenvalue weighted by Gasteiger charge is -2.20. The van der Waals surface area contributed by atoms with E-state index in [1.807, 2.05) is 0 Å². The summed E-state index contributed by atoms with van der Waals surface area (Å²) in [6.45, 7) is 5.35. The molecule has 2 N–H and O–H groups in total. The molecule has 5 nitrogen and oxygen atoms in total. The van der Waals surface area contributed by atoms with Gasteiger partial charge in [0, 0.05) is 4.75 Å². The molecule has 6 heteroatoms. The standard InChI is InChI=1S/C9H16O5S/c1-9(2,3)15-8(13)6(11)5(10)7(12)14-4/h5-6,10-11H,1-4H3/t5-,6+/m0/s1. The van der Waals surface area contributed by atoms with Crippen molar-refractivity contribution in [2.45, 2.75) is 37.7 Å². The van der Waals surface area contributed by atoms with Crippen LogP contribution >= 0.6 is 11.8 Å². The fourth-order valence-electron chi connectivity index (χ4n) is 0.741. The largest absolute Gasteiger partial charge is 0.467 e. The van der Waals surface area contributed by atoms with Gasteiger partial charge in [-0.2, -0.15) is 0 Å². The van der Waals surface area contributed by atoms with Crippen LogP contribution in [0, 0.1) is 0 Å². The molecule has 2 atom stereocenters. The second-order valence-electron chi connectivity index (χ2n) is 3.95. The van der Waals surface area contributed by atoms with Crippen LogP contribution in [0.4, 0.5) is 0 Å². The van der Waals surface area contributed by atoms with Gasteiger partial charge >= 0.3 is 5.97 Å². The van der Waals surface area contributed by atoms with Crippen LogP contribution in [-0.4, -0.2) is 45.4 Å².